The summed E-state index contributed by atoms with van der Waals surface area (Å²) in [5.41, 5.74) is -2.75. The van der Waals surface area contributed by atoms with Crippen LogP contribution in [0.4, 0.5) is 22.7 Å². The van der Waals surface area contributed by atoms with Gasteiger partial charge in [0, 0.05) is 49.1 Å². The fourth-order valence-electron chi connectivity index (χ4n) is 3.22. The van der Waals surface area contributed by atoms with Crippen LogP contribution in [0.25, 0.3) is 16.7 Å². The van der Waals surface area contributed by atoms with Crippen LogP contribution in [0.1, 0.15) is 11.1 Å². The van der Waals surface area contributed by atoms with Crippen LogP contribution in [-0.4, -0.2) is 38.7 Å². The van der Waals surface area contributed by atoms with Crippen molar-refractivity contribution in [1.29, 1.82) is 0 Å². The smallest absolute Gasteiger partial charge is 0.284 e. The highest BCUT2D eigenvalue weighted by Crippen LogP contribution is 2.54. The third-order valence-corrected chi connectivity index (χ3v) is 4.24. The van der Waals surface area contributed by atoms with Gasteiger partial charge in [-0.3, -0.25) is 40.5 Å². The van der Waals surface area contributed by atoms with Gasteiger partial charge in [-0.15, -0.1) is 0 Å². The van der Waals surface area contributed by atoms with E-state index in [9.17, 15) is 40.5 Å². The van der Waals surface area contributed by atoms with Crippen molar-refractivity contribution in [3.8, 4) is 11.1 Å². The minimum Gasteiger partial charge on any atom is -0.383 e. The highest BCUT2D eigenvalue weighted by Gasteiger charge is 2.40. The number of nitro benzene ring substituents is 4. The van der Waals surface area contributed by atoms with E-state index in [4.69, 9.17) is 0 Å². The first-order chi connectivity index (χ1) is 13.5. The standard InChI is InChI=1S/C16H11N5O8/c1-17(2)7-12-10-3-8(18(22)23)5-13(20(26)27)15(10)16-11(12)4-9(19(24)25)6-14(16)21(28)29/h3-7H,1-2H3. The molecule has 0 atom stereocenters. The molecule has 0 aromatic heterocycles. The normalized spacial score (nSPS) is 11.4. The van der Waals surface area contributed by atoms with Crippen molar-refractivity contribution in [2.45, 2.75) is 0 Å². The van der Waals surface area contributed by atoms with Crippen LogP contribution in [0.2, 0.25) is 0 Å². The lowest BCUT2D eigenvalue weighted by Crippen LogP contribution is -2.03. The molecule has 1 aliphatic rings. The van der Waals surface area contributed by atoms with Crippen LogP contribution >= 0.6 is 0 Å². The fraction of sp³-hybridized carbons (Fsp3) is 0.125. The molecule has 0 heterocycles. The third kappa shape index (κ3) is 3.09. The molecule has 0 amide bonds. The first kappa shape index (κ1) is 19.3. The molecule has 0 unspecified atom stereocenters. The summed E-state index contributed by atoms with van der Waals surface area (Å²) in [6.07, 6.45) is 1.44. The molecule has 2 aromatic rings. The Hall–Kier alpha value is -4.42. The molecule has 0 fully saturated rings. The van der Waals surface area contributed by atoms with E-state index in [2.05, 4.69) is 0 Å². The quantitative estimate of drug-likeness (QED) is 0.458. The van der Waals surface area contributed by atoms with Gasteiger partial charge in [0.05, 0.1) is 43.0 Å². The highest BCUT2D eigenvalue weighted by atomic mass is 16.6. The molecule has 0 saturated heterocycles. The molecular weight excluding hydrogens is 390 g/mol. The minimum atomic E-state index is -0.876. The molecule has 1 aliphatic carbocycles. The van der Waals surface area contributed by atoms with Gasteiger partial charge in [-0.05, 0) is 0 Å². The maximum Gasteiger partial charge on any atom is 0.284 e. The predicted octanol–water partition coefficient (Wildman–Crippen LogP) is 3.25. The van der Waals surface area contributed by atoms with Gasteiger partial charge in [-0.25, -0.2) is 0 Å². The number of fused-ring (bicyclic) bond motifs is 3. The van der Waals surface area contributed by atoms with Crippen molar-refractivity contribution in [2.24, 2.45) is 0 Å². The van der Waals surface area contributed by atoms with E-state index in [1.807, 2.05) is 0 Å². The average Bonchev–Trinajstić information content (AvgIpc) is 2.93. The maximum atomic E-state index is 11.6. The second-order valence-electron chi connectivity index (χ2n) is 6.31. The minimum absolute atomic E-state index is 0.0122. The van der Waals surface area contributed by atoms with Gasteiger partial charge in [0.15, 0.2) is 0 Å². The largest absolute Gasteiger partial charge is 0.383 e. The Morgan fingerprint density at radius 1 is 0.690 bits per heavy atom. The van der Waals surface area contributed by atoms with Crippen LogP contribution in [0, 0.1) is 40.5 Å². The van der Waals surface area contributed by atoms with E-state index in [0.717, 1.165) is 12.1 Å². The maximum absolute atomic E-state index is 11.6. The number of benzene rings is 2. The summed E-state index contributed by atoms with van der Waals surface area (Å²) < 4.78 is 0. The van der Waals surface area contributed by atoms with E-state index in [-0.39, 0.29) is 27.8 Å². The topological polar surface area (TPSA) is 176 Å². The second kappa shape index (κ2) is 6.63. The number of nitro groups is 4. The van der Waals surface area contributed by atoms with Gasteiger partial charge in [0.25, 0.3) is 22.7 Å². The molecule has 29 heavy (non-hydrogen) atoms. The van der Waals surface area contributed by atoms with Crippen molar-refractivity contribution in [3.63, 3.8) is 0 Å². The molecular formula is C16H11N5O8. The van der Waals surface area contributed by atoms with E-state index in [1.165, 1.54) is 11.1 Å². The Bertz CT molecular complexity index is 1070. The SMILES string of the molecule is CN(C)C=C1c2cc([N+](=O)[O-])cc([N+](=O)[O-])c2-c2c1cc([N+](=O)[O-])cc2[N+](=O)[O-]. The molecule has 0 N–H and O–H groups in total. The van der Waals surface area contributed by atoms with Crippen LogP contribution < -0.4 is 0 Å². The Labute approximate surface area is 161 Å². The van der Waals surface area contributed by atoms with Crippen molar-refractivity contribution in [1.82, 2.24) is 4.90 Å². The molecule has 2 aromatic carbocycles. The van der Waals surface area contributed by atoms with Gasteiger partial charge in [-0.2, -0.15) is 0 Å². The summed E-state index contributed by atoms with van der Waals surface area (Å²) in [5.74, 6) is 0. The lowest BCUT2D eigenvalue weighted by molar-refractivity contribution is -0.395. The van der Waals surface area contributed by atoms with Crippen molar-refractivity contribution >= 4 is 28.3 Å². The fourth-order valence-corrected chi connectivity index (χ4v) is 3.22. The molecule has 0 bridgehead atoms. The van der Waals surface area contributed by atoms with E-state index >= 15 is 0 Å². The van der Waals surface area contributed by atoms with Crippen molar-refractivity contribution in [3.05, 3.63) is 82.0 Å². The molecule has 0 aliphatic heterocycles. The van der Waals surface area contributed by atoms with Gasteiger partial charge in [-0.1, -0.05) is 0 Å². The Morgan fingerprint density at radius 2 is 1.07 bits per heavy atom. The number of hydrogen-bond acceptors (Lipinski definition) is 9. The van der Waals surface area contributed by atoms with E-state index in [1.54, 1.807) is 14.1 Å². The first-order valence-electron chi connectivity index (χ1n) is 7.86. The molecule has 0 saturated carbocycles. The lowest BCUT2D eigenvalue weighted by Gasteiger charge is -2.09. The zero-order valence-electron chi connectivity index (χ0n) is 14.9. The zero-order chi connectivity index (χ0) is 21.6. The Morgan fingerprint density at radius 3 is 1.34 bits per heavy atom. The summed E-state index contributed by atoms with van der Waals surface area (Å²) >= 11 is 0. The third-order valence-electron chi connectivity index (χ3n) is 4.24. The highest BCUT2D eigenvalue weighted by molar-refractivity contribution is 6.08. The van der Waals surface area contributed by atoms with Crippen LogP contribution in [0.15, 0.2) is 30.5 Å². The number of rotatable bonds is 5. The first-order valence-corrected chi connectivity index (χ1v) is 7.86. The second-order valence-corrected chi connectivity index (χ2v) is 6.31. The van der Waals surface area contributed by atoms with Gasteiger partial charge >= 0.3 is 0 Å². The summed E-state index contributed by atoms with van der Waals surface area (Å²) in [6, 6.07) is 3.55. The summed E-state index contributed by atoms with van der Waals surface area (Å²) in [5, 5.41) is 45.7. The zero-order valence-corrected chi connectivity index (χ0v) is 14.9. The summed E-state index contributed by atoms with van der Waals surface area (Å²) in [4.78, 5) is 43.8. The van der Waals surface area contributed by atoms with Crippen LogP contribution in [0.3, 0.4) is 0 Å². The van der Waals surface area contributed by atoms with Gasteiger partial charge in [0.1, 0.15) is 0 Å². The summed E-state index contributed by atoms with van der Waals surface area (Å²) in [6.45, 7) is 0. The Kier molecular flexibility index (Phi) is 4.42. The van der Waals surface area contributed by atoms with E-state index in [0.29, 0.717) is 12.1 Å². The average molecular weight is 401 g/mol. The number of nitrogens with zero attached hydrogens (tertiary/aromatic N) is 5. The molecule has 13 heteroatoms. The van der Waals surface area contributed by atoms with Crippen molar-refractivity contribution < 1.29 is 19.7 Å². The molecule has 148 valence electrons. The van der Waals surface area contributed by atoms with E-state index < -0.39 is 42.4 Å². The van der Waals surface area contributed by atoms with Crippen molar-refractivity contribution in [2.75, 3.05) is 14.1 Å². The number of hydrogen-bond donors (Lipinski definition) is 0. The molecule has 3 rings (SSSR count). The molecule has 0 spiro atoms. The number of non-ortho nitro benzene ring substituents is 2. The lowest BCUT2D eigenvalue weighted by atomic mass is 10.0. The Balaban J connectivity index is 2.56. The van der Waals surface area contributed by atoms with Gasteiger partial charge < -0.3 is 4.90 Å². The monoisotopic (exact) mass is 401 g/mol. The van der Waals surface area contributed by atoms with Crippen LogP contribution in [0.5, 0.6) is 0 Å². The van der Waals surface area contributed by atoms with Gasteiger partial charge in [0.2, 0.25) is 0 Å². The predicted molar refractivity (Wildman–Crippen MR) is 99.3 cm³/mol. The summed E-state index contributed by atoms with van der Waals surface area (Å²) in [7, 11) is 3.20. The molecule has 13 nitrogen and oxygen atoms in total. The van der Waals surface area contributed by atoms with Crippen LogP contribution in [-0.2, 0) is 0 Å². The molecule has 0 radical (unpaired) electrons.